The van der Waals surface area contributed by atoms with E-state index in [-0.39, 0.29) is 24.8 Å². The van der Waals surface area contributed by atoms with Crippen LogP contribution in [0.5, 0.6) is 0 Å². The lowest BCUT2D eigenvalue weighted by Gasteiger charge is -2.32. The van der Waals surface area contributed by atoms with Gasteiger partial charge in [-0.2, -0.15) is 0 Å². The van der Waals surface area contributed by atoms with Crippen LogP contribution in [0.1, 0.15) is 30.5 Å². The molecule has 0 unspecified atom stereocenters. The van der Waals surface area contributed by atoms with Gasteiger partial charge in [-0.3, -0.25) is 9.59 Å². The van der Waals surface area contributed by atoms with Crippen LogP contribution in [0.3, 0.4) is 0 Å². The predicted molar refractivity (Wildman–Crippen MR) is 134 cm³/mol. The van der Waals surface area contributed by atoms with Gasteiger partial charge in [-0.15, -0.1) is 0 Å². The number of amides is 2. The van der Waals surface area contributed by atoms with E-state index in [1.54, 1.807) is 4.90 Å². The minimum absolute atomic E-state index is 0.109. The molecule has 0 fully saturated rings. The molecule has 0 saturated heterocycles. The molecule has 172 valence electrons. The molecular formula is C28H31ClN2O2. The van der Waals surface area contributed by atoms with E-state index >= 15 is 0 Å². The fourth-order valence-electron chi connectivity index (χ4n) is 3.66. The molecule has 3 aromatic rings. The molecule has 0 bridgehead atoms. The Labute approximate surface area is 201 Å². The molecule has 1 atom stereocenters. The van der Waals surface area contributed by atoms with E-state index in [1.165, 1.54) is 0 Å². The van der Waals surface area contributed by atoms with Crippen LogP contribution < -0.4 is 5.32 Å². The maximum Gasteiger partial charge on any atom is 0.243 e. The first-order chi connectivity index (χ1) is 15.9. The quantitative estimate of drug-likeness (QED) is 0.444. The van der Waals surface area contributed by atoms with Gasteiger partial charge in [-0.1, -0.05) is 104 Å². The fourth-order valence-corrected chi connectivity index (χ4v) is 3.85. The summed E-state index contributed by atoms with van der Waals surface area (Å²) in [6, 6.07) is 26.2. The third-order valence-electron chi connectivity index (χ3n) is 5.45. The first kappa shape index (κ1) is 24.5. The maximum absolute atomic E-state index is 13.6. The van der Waals surface area contributed by atoms with Gasteiger partial charge < -0.3 is 10.2 Å². The van der Waals surface area contributed by atoms with Crippen molar-refractivity contribution in [3.63, 3.8) is 0 Å². The number of carbonyl (C=O) groups excluding carboxylic acids is 2. The summed E-state index contributed by atoms with van der Waals surface area (Å²) in [6.07, 6.45) is 0.643. The van der Waals surface area contributed by atoms with Crippen molar-refractivity contribution in [3.8, 4) is 0 Å². The minimum atomic E-state index is -0.654. The molecule has 1 N–H and O–H groups in total. The predicted octanol–water partition coefficient (Wildman–Crippen LogP) is 5.29. The Bertz CT molecular complexity index is 1040. The van der Waals surface area contributed by atoms with Gasteiger partial charge >= 0.3 is 0 Å². The number of rotatable bonds is 10. The molecule has 0 radical (unpaired) electrons. The smallest absolute Gasteiger partial charge is 0.243 e. The molecule has 4 nitrogen and oxygen atoms in total. The lowest BCUT2D eigenvalue weighted by molar-refractivity contribution is -0.140. The van der Waals surface area contributed by atoms with E-state index in [9.17, 15) is 9.59 Å². The first-order valence-electron chi connectivity index (χ1n) is 11.3. The van der Waals surface area contributed by atoms with Crippen molar-refractivity contribution >= 4 is 23.4 Å². The van der Waals surface area contributed by atoms with Crippen LogP contribution in [0.2, 0.25) is 5.02 Å². The fraction of sp³-hybridized carbons (Fsp3) is 0.286. The van der Waals surface area contributed by atoms with E-state index in [0.717, 1.165) is 16.7 Å². The molecule has 0 aliphatic carbocycles. The molecular weight excluding hydrogens is 432 g/mol. The number of nitrogens with zero attached hydrogens (tertiary/aromatic N) is 1. The van der Waals surface area contributed by atoms with Crippen molar-refractivity contribution in [2.75, 3.05) is 6.54 Å². The second-order valence-corrected chi connectivity index (χ2v) is 9.03. The summed E-state index contributed by atoms with van der Waals surface area (Å²) in [5.74, 6) is 0.0473. The average Bonchev–Trinajstić information content (AvgIpc) is 2.82. The van der Waals surface area contributed by atoms with E-state index in [2.05, 4.69) is 19.2 Å². The van der Waals surface area contributed by atoms with Crippen LogP contribution in [0.4, 0.5) is 0 Å². The van der Waals surface area contributed by atoms with Gasteiger partial charge in [0.05, 0.1) is 6.42 Å². The van der Waals surface area contributed by atoms with Gasteiger partial charge in [-0.25, -0.2) is 0 Å². The Morgan fingerprint density at radius 2 is 1.42 bits per heavy atom. The van der Waals surface area contributed by atoms with Gasteiger partial charge in [0.2, 0.25) is 11.8 Å². The minimum Gasteiger partial charge on any atom is -0.354 e. The monoisotopic (exact) mass is 462 g/mol. The summed E-state index contributed by atoms with van der Waals surface area (Å²) in [5, 5.41) is 3.62. The third kappa shape index (κ3) is 7.47. The highest BCUT2D eigenvalue weighted by Gasteiger charge is 2.30. The maximum atomic E-state index is 13.6. The number of benzene rings is 3. The number of halogens is 1. The normalized spacial score (nSPS) is 11.8. The van der Waals surface area contributed by atoms with Crippen LogP contribution in [-0.2, 0) is 29.0 Å². The zero-order valence-corrected chi connectivity index (χ0v) is 20.0. The first-order valence-corrected chi connectivity index (χ1v) is 11.7. The summed E-state index contributed by atoms with van der Waals surface area (Å²) < 4.78 is 0. The second-order valence-electron chi connectivity index (χ2n) is 8.62. The molecule has 3 aromatic carbocycles. The van der Waals surface area contributed by atoms with Gasteiger partial charge in [-0.05, 0) is 28.7 Å². The van der Waals surface area contributed by atoms with Gasteiger partial charge in [0.1, 0.15) is 6.04 Å². The molecule has 0 aliphatic rings. The van der Waals surface area contributed by atoms with E-state index in [1.807, 2.05) is 84.9 Å². The molecule has 0 aromatic heterocycles. The number of hydrogen-bond donors (Lipinski definition) is 1. The zero-order valence-electron chi connectivity index (χ0n) is 19.2. The van der Waals surface area contributed by atoms with Crippen molar-refractivity contribution < 1.29 is 9.59 Å². The summed E-state index contributed by atoms with van der Waals surface area (Å²) in [6.45, 7) is 4.91. The van der Waals surface area contributed by atoms with Gasteiger partial charge in [0, 0.05) is 24.5 Å². The largest absolute Gasteiger partial charge is 0.354 e. The Morgan fingerprint density at radius 3 is 2.03 bits per heavy atom. The number of carbonyl (C=O) groups is 2. The summed E-state index contributed by atoms with van der Waals surface area (Å²) >= 11 is 6.44. The molecule has 2 amide bonds. The van der Waals surface area contributed by atoms with Crippen molar-refractivity contribution in [2.24, 2.45) is 5.92 Å². The Kier molecular flexibility index (Phi) is 9.08. The lowest BCUT2D eigenvalue weighted by Crippen LogP contribution is -2.51. The zero-order chi connectivity index (χ0) is 23.6. The SMILES string of the molecule is CC(C)CNC(=O)[C@@H](Cc1ccccc1)N(Cc1ccccc1Cl)C(=O)Cc1ccccc1. The highest BCUT2D eigenvalue weighted by Crippen LogP contribution is 2.21. The standard InChI is InChI=1S/C28H31ClN2O2/c1-21(2)19-30-28(33)26(17-22-11-5-3-6-12-22)31(20-24-15-9-10-16-25(24)29)27(32)18-23-13-7-4-8-14-23/h3-16,21,26H,17-20H2,1-2H3,(H,30,33)/t26-/m1/s1. The topological polar surface area (TPSA) is 49.4 Å². The molecule has 0 aliphatic heterocycles. The number of nitrogens with one attached hydrogen (secondary N) is 1. The molecule has 3 rings (SSSR count). The van der Waals surface area contributed by atoms with Crippen LogP contribution in [0.15, 0.2) is 84.9 Å². The molecule has 33 heavy (non-hydrogen) atoms. The van der Waals surface area contributed by atoms with Crippen molar-refractivity contribution in [1.29, 1.82) is 0 Å². The van der Waals surface area contributed by atoms with Crippen LogP contribution in [-0.4, -0.2) is 29.3 Å². The molecule has 5 heteroatoms. The summed E-state index contributed by atoms with van der Waals surface area (Å²) in [7, 11) is 0. The highest BCUT2D eigenvalue weighted by molar-refractivity contribution is 6.31. The van der Waals surface area contributed by atoms with Crippen LogP contribution in [0.25, 0.3) is 0 Å². The lowest BCUT2D eigenvalue weighted by atomic mass is 10.0. The van der Waals surface area contributed by atoms with Crippen LogP contribution in [0, 0.1) is 5.92 Å². The van der Waals surface area contributed by atoms with Gasteiger partial charge in [0.15, 0.2) is 0 Å². The summed E-state index contributed by atoms with van der Waals surface area (Å²) in [5.41, 5.74) is 2.72. The van der Waals surface area contributed by atoms with E-state index in [4.69, 9.17) is 11.6 Å². The molecule has 0 saturated carbocycles. The van der Waals surface area contributed by atoms with Crippen molar-refractivity contribution in [1.82, 2.24) is 10.2 Å². The second kappa shape index (κ2) is 12.2. The summed E-state index contributed by atoms with van der Waals surface area (Å²) in [4.78, 5) is 28.7. The molecule has 0 heterocycles. The average molecular weight is 463 g/mol. The highest BCUT2D eigenvalue weighted by atomic mass is 35.5. The Morgan fingerprint density at radius 1 is 0.848 bits per heavy atom. The van der Waals surface area contributed by atoms with Crippen molar-refractivity contribution in [2.45, 2.75) is 39.3 Å². The van der Waals surface area contributed by atoms with Crippen molar-refractivity contribution in [3.05, 3.63) is 107 Å². The molecule has 0 spiro atoms. The van der Waals surface area contributed by atoms with Gasteiger partial charge in [0.25, 0.3) is 0 Å². The number of hydrogen-bond acceptors (Lipinski definition) is 2. The van der Waals surface area contributed by atoms with E-state index < -0.39 is 6.04 Å². The Balaban J connectivity index is 1.95. The van der Waals surface area contributed by atoms with E-state index in [0.29, 0.717) is 23.9 Å². The van der Waals surface area contributed by atoms with Crippen LogP contribution >= 0.6 is 11.6 Å². The Hall–Kier alpha value is -3.11. The third-order valence-corrected chi connectivity index (χ3v) is 5.82.